The van der Waals surface area contributed by atoms with E-state index in [-0.39, 0.29) is 0 Å². The van der Waals surface area contributed by atoms with Crippen LogP contribution in [-0.4, -0.2) is 87.7 Å². The molecule has 0 spiro atoms. The molecule has 5 nitrogen and oxygen atoms in total. The third-order valence-electron chi connectivity index (χ3n) is 5.09. The molecule has 0 radical (unpaired) electrons. The number of rotatable bonds is 12. The Bertz CT molecular complexity index is 322. The van der Waals surface area contributed by atoms with Crippen molar-refractivity contribution in [3.63, 3.8) is 0 Å². The number of ether oxygens (including phenoxy) is 3. The van der Waals surface area contributed by atoms with Crippen molar-refractivity contribution in [1.82, 2.24) is 9.80 Å². The fourth-order valence-electron chi connectivity index (χ4n) is 3.66. The minimum atomic E-state index is 0.335. The van der Waals surface area contributed by atoms with Gasteiger partial charge in [-0.25, -0.2) is 0 Å². The Hall–Kier alpha value is -0.200. The van der Waals surface area contributed by atoms with Crippen molar-refractivity contribution in [1.29, 1.82) is 0 Å². The summed E-state index contributed by atoms with van der Waals surface area (Å²) in [4.78, 5) is 5.09. The first-order chi connectivity index (χ1) is 12.2. The predicted molar refractivity (Wildman–Crippen MR) is 102 cm³/mol. The van der Waals surface area contributed by atoms with Crippen LogP contribution < -0.4 is 0 Å². The second kappa shape index (κ2) is 13.0. The second-order valence-corrected chi connectivity index (χ2v) is 7.72. The summed E-state index contributed by atoms with van der Waals surface area (Å²) >= 11 is 0. The lowest BCUT2D eigenvalue weighted by Gasteiger charge is -2.33. The average Bonchev–Trinajstić information content (AvgIpc) is 2.63. The Labute approximate surface area is 155 Å². The van der Waals surface area contributed by atoms with Gasteiger partial charge in [-0.2, -0.15) is 0 Å². The molecule has 0 aliphatic carbocycles. The molecule has 2 fully saturated rings. The molecule has 0 N–H and O–H groups in total. The average molecular weight is 357 g/mol. The van der Waals surface area contributed by atoms with Gasteiger partial charge >= 0.3 is 0 Å². The number of hydrogen-bond donors (Lipinski definition) is 0. The molecule has 148 valence electrons. The molecule has 1 atom stereocenters. The number of morpholine rings is 1. The molecule has 0 bridgehead atoms. The first-order valence-electron chi connectivity index (χ1n) is 10.5. The number of piperidine rings is 1. The summed E-state index contributed by atoms with van der Waals surface area (Å²) in [5.74, 6) is 0. The lowest BCUT2D eigenvalue weighted by Crippen LogP contribution is -2.43. The highest BCUT2D eigenvalue weighted by Gasteiger charge is 2.19. The first-order valence-corrected chi connectivity index (χ1v) is 10.5. The summed E-state index contributed by atoms with van der Waals surface area (Å²) in [7, 11) is 0. The lowest BCUT2D eigenvalue weighted by atomic mass is 10.1. The van der Waals surface area contributed by atoms with Crippen LogP contribution in [0.5, 0.6) is 0 Å². The fraction of sp³-hybridized carbons (Fsp3) is 1.00. The van der Waals surface area contributed by atoms with E-state index in [0.717, 1.165) is 65.3 Å². The molecular weight excluding hydrogens is 316 g/mol. The maximum absolute atomic E-state index is 5.89. The van der Waals surface area contributed by atoms with Gasteiger partial charge in [0, 0.05) is 46.0 Å². The molecule has 0 saturated carbocycles. The smallest absolute Gasteiger partial charge is 0.0724 e. The Morgan fingerprint density at radius 1 is 0.920 bits per heavy atom. The zero-order chi connectivity index (χ0) is 17.7. The van der Waals surface area contributed by atoms with Crippen LogP contribution in [0.2, 0.25) is 0 Å². The molecule has 25 heavy (non-hydrogen) atoms. The van der Waals surface area contributed by atoms with Gasteiger partial charge in [-0.3, -0.25) is 4.90 Å². The normalized spacial score (nSPS) is 23.4. The van der Waals surface area contributed by atoms with Crippen molar-refractivity contribution in [2.45, 2.75) is 64.6 Å². The SMILES string of the molecule is CC(C)OCCCN1CCOC(CCOCCCN2CCCCC2)C1. The topological polar surface area (TPSA) is 34.2 Å². The predicted octanol–water partition coefficient (Wildman–Crippen LogP) is 2.79. The number of hydrogen-bond acceptors (Lipinski definition) is 5. The van der Waals surface area contributed by atoms with Crippen LogP contribution in [-0.2, 0) is 14.2 Å². The molecule has 0 aromatic rings. The van der Waals surface area contributed by atoms with Crippen molar-refractivity contribution in [2.75, 3.05) is 65.7 Å². The zero-order valence-electron chi connectivity index (χ0n) is 16.6. The van der Waals surface area contributed by atoms with Gasteiger partial charge in [0.1, 0.15) is 0 Å². The van der Waals surface area contributed by atoms with E-state index >= 15 is 0 Å². The van der Waals surface area contributed by atoms with Gasteiger partial charge in [0.05, 0.1) is 18.8 Å². The van der Waals surface area contributed by atoms with Crippen molar-refractivity contribution in [2.24, 2.45) is 0 Å². The summed E-state index contributed by atoms with van der Waals surface area (Å²) in [6.45, 7) is 14.6. The molecule has 2 saturated heterocycles. The fourth-order valence-corrected chi connectivity index (χ4v) is 3.66. The van der Waals surface area contributed by atoms with Gasteiger partial charge in [0.15, 0.2) is 0 Å². The van der Waals surface area contributed by atoms with E-state index in [1.807, 2.05) is 0 Å². The standard InChI is InChI=1S/C20H40N2O3/c1-19(2)24-15-7-12-22-13-17-25-20(18-22)8-16-23-14-6-11-21-9-4-3-5-10-21/h19-20H,3-18H2,1-2H3. The van der Waals surface area contributed by atoms with Crippen LogP contribution in [0.3, 0.4) is 0 Å². The van der Waals surface area contributed by atoms with Gasteiger partial charge in [-0.15, -0.1) is 0 Å². The van der Waals surface area contributed by atoms with E-state index in [4.69, 9.17) is 14.2 Å². The first kappa shape index (κ1) is 21.1. The maximum Gasteiger partial charge on any atom is 0.0724 e. The minimum absolute atomic E-state index is 0.335. The van der Waals surface area contributed by atoms with Gasteiger partial charge in [0.2, 0.25) is 0 Å². The molecule has 0 aromatic heterocycles. The largest absolute Gasteiger partial charge is 0.381 e. The quantitative estimate of drug-likeness (QED) is 0.502. The molecule has 5 heteroatoms. The molecule has 2 aliphatic heterocycles. The summed E-state index contributed by atoms with van der Waals surface area (Å²) in [5, 5.41) is 0. The third kappa shape index (κ3) is 9.90. The molecule has 0 amide bonds. The van der Waals surface area contributed by atoms with Crippen molar-refractivity contribution >= 4 is 0 Å². The van der Waals surface area contributed by atoms with Crippen LogP contribution >= 0.6 is 0 Å². The summed E-state index contributed by atoms with van der Waals surface area (Å²) in [5.41, 5.74) is 0. The third-order valence-corrected chi connectivity index (χ3v) is 5.09. The van der Waals surface area contributed by atoms with Crippen LogP contribution in [0.25, 0.3) is 0 Å². The van der Waals surface area contributed by atoms with E-state index in [0.29, 0.717) is 12.2 Å². The lowest BCUT2D eigenvalue weighted by molar-refractivity contribution is -0.0463. The van der Waals surface area contributed by atoms with Gasteiger partial charge in [0.25, 0.3) is 0 Å². The maximum atomic E-state index is 5.89. The Kier molecular flexibility index (Phi) is 11.0. The highest BCUT2D eigenvalue weighted by Crippen LogP contribution is 2.11. The minimum Gasteiger partial charge on any atom is -0.381 e. The van der Waals surface area contributed by atoms with E-state index in [1.54, 1.807) is 0 Å². The summed E-state index contributed by atoms with van der Waals surface area (Å²) in [6, 6.07) is 0. The summed E-state index contributed by atoms with van der Waals surface area (Å²) < 4.78 is 17.4. The van der Waals surface area contributed by atoms with Gasteiger partial charge < -0.3 is 19.1 Å². The Balaban J connectivity index is 1.43. The molecule has 1 unspecified atom stereocenters. The highest BCUT2D eigenvalue weighted by molar-refractivity contribution is 4.71. The van der Waals surface area contributed by atoms with Crippen molar-refractivity contribution in [3.8, 4) is 0 Å². The number of nitrogens with zero attached hydrogens (tertiary/aromatic N) is 2. The van der Waals surface area contributed by atoms with Crippen LogP contribution in [0.4, 0.5) is 0 Å². The van der Waals surface area contributed by atoms with Crippen LogP contribution in [0.1, 0.15) is 52.4 Å². The van der Waals surface area contributed by atoms with E-state index < -0.39 is 0 Å². The molecule has 2 heterocycles. The van der Waals surface area contributed by atoms with Crippen molar-refractivity contribution in [3.05, 3.63) is 0 Å². The van der Waals surface area contributed by atoms with E-state index in [1.165, 1.54) is 38.9 Å². The van der Waals surface area contributed by atoms with Crippen LogP contribution in [0.15, 0.2) is 0 Å². The molecular formula is C20H40N2O3. The van der Waals surface area contributed by atoms with Gasteiger partial charge in [-0.1, -0.05) is 6.42 Å². The van der Waals surface area contributed by atoms with Crippen LogP contribution in [0, 0.1) is 0 Å². The molecule has 0 aromatic carbocycles. The van der Waals surface area contributed by atoms with E-state index in [9.17, 15) is 0 Å². The van der Waals surface area contributed by atoms with Crippen molar-refractivity contribution < 1.29 is 14.2 Å². The summed E-state index contributed by atoms with van der Waals surface area (Å²) in [6.07, 6.45) is 8.12. The Morgan fingerprint density at radius 2 is 1.68 bits per heavy atom. The zero-order valence-corrected chi connectivity index (χ0v) is 16.6. The molecule has 2 aliphatic rings. The second-order valence-electron chi connectivity index (χ2n) is 7.72. The van der Waals surface area contributed by atoms with Gasteiger partial charge in [-0.05, 0) is 59.0 Å². The highest BCUT2D eigenvalue weighted by atomic mass is 16.5. The van der Waals surface area contributed by atoms with E-state index in [2.05, 4.69) is 23.6 Å². The Morgan fingerprint density at radius 3 is 2.48 bits per heavy atom. The molecule has 2 rings (SSSR count). The number of likely N-dealkylation sites (tertiary alicyclic amines) is 1. The monoisotopic (exact) mass is 356 g/mol.